The van der Waals surface area contributed by atoms with Gasteiger partial charge >= 0.3 is 0 Å². The van der Waals surface area contributed by atoms with E-state index in [0.29, 0.717) is 51.9 Å². The zero-order chi connectivity index (χ0) is 20.3. The number of aryl methyl sites for hydroxylation is 1. The van der Waals surface area contributed by atoms with Crippen LogP contribution in [-0.2, 0) is 25.4 Å². The Kier molecular flexibility index (Phi) is 6.40. The smallest absolute Gasteiger partial charge is 0.225 e. The summed E-state index contributed by atoms with van der Waals surface area (Å²) >= 11 is 0. The number of piperidine rings is 2. The number of hydrogen-bond donors (Lipinski definition) is 1. The van der Waals surface area contributed by atoms with E-state index in [1.54, 1.807) is 4.90 Å². The fourth-order valence-electron chi connectivity index (χ4n) is 4.13. The van der Waals surface area contributed by atoms with Gasteiger partial charge in [0.2, 0.25) is 21.8 Å². The molecule has 0 spiro atoms. The van der Waals surface area contributed by atoms with Gasteiger partial charge in [0, 0.05) is 38.0 Å². The predicted molar refractivity (Wildman–Crippen MR) is 107 cm³/mol. The van der Waals surface area contributed by atoms with Gasteiger partial charge in [-0.05, 0) is 38.2 Å². The molecule has 0 saturated carbocycles. The molecule has 1 aromatic carbocycles. The lowest BCUT2D eigenvalue weighted by Crippen LogP contribution is -2.47. The summed E-state index contributed by atoms with van der Waals surface area (Å²) in [5.74, 6) is -0.500. The largest absolute Gasteiger partial charge is 0.369 e. The van der Waals surface area contributed by atoms with Crippen molar-refractivity contribution in [2.24, 2.45) is 17.6 Å². The molecule has 0 atom stereocenters. The van der Waals surface area contributed by atoms with Crippen LogP contribution >= 0.6 is 0 Å². The van der Waals surface area contributed by atoms with Crippen LogP contribution in [0.5, 0.6) is 0 Å². The minimum Gasteiger partial charge on any atom is -0.369 e. The molecule has 2 aliphatic heterocycles. The second-order valence-electron chi connectivity index (χ2n) is 7.92. The van der Waals surface area contributed by atoms with Crippen LogP contribution < -0.4 is 5.73 Å². The number of nitrogens with zero attached hydrogens (tertiary/aromatic N) is 2. The molecule has 0 bridgehead atoms. The first-order valence-electron chi connectivity index (χ1n) is 9.88. The van der Waals surface area contributed by atoms with E-state index in [9.17, 15) is 18.0 Å². The van der Waals surface area contributed by atoms with E-state index in [-0.39, 0.29) is 29.4 Å². The van der Waals surface area contributed by atoms with Crippen molar-refractivity contribution in [2.45, 2.75) is 38.4 Å². The number of carbonyl (C=O) groups is 2. The highest BCUT2D eigenvalue weighted by atomic mass is 32.2. The summed E-state index contributed by atoms with van der Waals surface area (Å²) in [4.78, 5) is 25.8. The molecular formula is C20H29N3O4S. The van der Waals surface area contributed by atoms with Crippen molar-refractivity contribution in [3.05, 3.63) is 35.4 Å². The maximum Gasteiger partial charge on any atom is 0.225 e. The molecule has 0 aromatic heterocycles. The summed E-state index contributed by atoms with van der Waals surface area (Å²) in [6.45, 7) is 3.81. The molecule has 154 valence electrons. The average molecular weight is 408 g/mol. The maximum absolute atomic E-state index is 12.8. The van der Waals surface area contributed by atoms with Gasteiger partial charge in [0.05, 0.1) is 5.75 Å². The molecular weight excluding hydrogens is 378 g/mol. The van der Waals surface area contributed by atoms with Gasteiger partial charge in [-0.1, -0.05) is 29.8 Å². The minimum atomic E-state index is -3.39. The Morgan fingerprint density at radius 3 is 2.21 bits per heavy atom. The van der Waals surface area contributed by atoms with E-state index >= 15 is 0 Å². The first-order chi connectivity index (χ1) is 13.3. The molecule has 1 aromatic rings. The van der Waals surface area contributed by atoms with Crippen LogP contribution in [0.4, 0.5) is 0 Å². The van der Waals surface area contributed by atoms with Gasteiger partial charge in [0.1, 0.15) is 0 Å². The Morgan fingerprint density at radius 1 is 1.04 bits per heavy atom. The molecule has 0 radical (unpaired) electrons. The fourth-order valence-corrected chi connectivity index (χ4v) is 5.68. The van der Waals surface area contributed by atoms with Crippen molar-refractivity contribution < 1.29 is 18.0 Å². The molecule has 2 saturated heterocycles. The van der Waals surface area contributed by atoms with E-state index in [1.807, 2.05) is 31.2 Å². The van der Waals surface area contributed by atoms with Gasteiger partial charge in [-0.15, -0.1) is 0 Å². The van der Waals surface area contributed by atoms with Crippen molar-refractivity contribution in [1.82, 2.24) is 9.21 Å². The lowest BCUT2D eigenvalue weighted by atomic mass is 9.92. The number of nitrogens with two attached hydrogens (primary N) is 1. The number of likely N-dealkylation sites (tertiary alicyclic amines) is 1. The fraction of sp³-hybridized carbons (Fsp3) is 0.600. The van der Waals surface area contributed by atoms with Gasteiger partial charge in [0.25, 0.3) is 0 Å². The standard InChI is InChI=1S/C20H29N3O4S/c1-15-3-2-4-16(13-15)14-28(26,27)23-11-7-18(8-12-23)20(25)22-9-5-17(6-10-22)19(21)24/h2-4,13,17-18H,5-12,14H2,1H3,(H2,21,24). The van der Waals surface area contributed by atoms with Crippen LogP contribution in [0.1, 0.15) is 36.8 Å². The quantitative estimate of drug-likeness (QED) is 0.794. The highest BCUT2D eigenvalue weighted by Crippen LogP contribution is 2.26. The molecule has 2 N–H and O–H groups in total. The third kappa shape index (κ3) is 4.91. The topological polar surface area (TPSA) is 101 Å². The summed E-state index contributed by atoms with van der Waals surface area (Å²) in [6, 6.07) is 7.53. The molecule has 0 aliphatic carbocycles. The number of primary amides is 1. The summed E-state index contributed by atoms with van der Waals surface area (Å²) in [6.07, 6.45) is 2.32. The molecule has 0 unspecified atom stereocenters. The van der Waals surface area contributed by atoms with Gasteiger partial charge in [-0.2, -0.15) is 0 Å². The van der Waals surface area contributed by atoms with Gasteiger partial charge in [-0.3, -0.25) is 9.59 Å². The van der Waals surface area contributed by atoms with Crippen molar-refractivity contribution >= 4 is 21.8 Å². The van der Waals surface area contributed by atoms with Crippen LogP contribution in [0.3, 0.4) is 0 Å². The molecule has 2 aliphatic rings. The van der Waals surface area contributed by atoms with E-state index < -0.39 is 10.0 Å². The summed E-state index contributed by atoms with van der Waals surface area (Å²) < 4.78 is 27.0. The van der Waals surface area contributed by atoms with E-state index in [2.05, 4.69) is 0 Å². The molecule has 2 heterocycles. The van der Waals surface area contributed by atoms with Crippen molar-refractivity contribution in [3.8, 4) is 0 Å². The van der Waals surface area contributed by atoms with Crippen LogP contribution in [-0.4, -0.2) is 55.6 Å². The second kappa shape index (κ2) is 8.61. The lowest BCUT2D eigenvalue weighted by Gasteiger charge is -2.36. The molecule has 28 heavy (non-hydrogen) atoms. The highest BCUT2D eigenvalue weighted by molar-refractivity contribution is 7.88. The van der Waals surface area contributed by atoms with Crippen molar-refractivity contribution in [3.63, 3.8) is 0 Å². The number of sulfonamides is 1. The number of amides is 2. The van der Waals surface area contributed by atoms with E-state index in [4.69, 9.17) is 5.73 Å². The normalized spacial score (nSPS) is 20.2. The molecule has 3 rings (SSSR count). The van der Waals surface area contributed by atoms with Crippen molar-refractivity contribution in [1.29, 1.82) is 0 Å². The summed E-state index contributed by atoms with van der Waals surface area (Å²) in [5, 5.41) is 0. The number of hydrogen-bond acceptors (Lipinski definition) is 4. The Labute approximate surface area is 166 Å². The predicted octanol–water partition coefficient (Wildman–Crippen LogP) is 1.26. The average Bonchev–Trinajstić information content (AvgIpc) is 2.67. The highest BCUT2D eigenvalue weighted by Gasteiger charge is 2.34. The Balaban J connectivity index is 1.52. The lowest BCUT2D eigenvalue weighted by molar-refractivity contribution is -0.139. The molecule has 2 fully saturated rings. The first-order valence-corrected chi connectivity index (χ1v) is 11.5. The monoisotopic (exact) mass is 407 g/mol. The first kappa shape index (κ1) is 20.8. The van der Waals surface area contributed by atoms with Crippen LogP contribution in [0.2, 0.25) is 0 Å². The molecule has 7 nitrogen and oxygen atoms in total. The van der Waals surface area contributed by atoms with Crippen molar-refractivity contribution in [2.75, 3.05) is 26.2 Å². The zero-order valence-electron chi connectivity index (χ0n) is 16.3. The van der Waals surface area contributed by atoms with E-state index in [1.165, 1.54) is 4.31 Å². The summed E-state index contributed by atoms with van der Waals surface area (Å²) in [7, 11) is -3.39. The third-order valence-electron chi connectivity index (χ3n) is 5.84. The SMILES string of the molecule is Cc1cccc(CS(=O)(=O)N2CCC(C(=O)N3CCC(C(N)=O)CC3)CC2)c1. The number of carbonyl (C=O) groups excluding carboxylic acids is 2. The second-order valence-corrected chi connectivity index (χ2v) is 9.89. The van der Waals surface area contributed by atoms with Crippen LogP contribution in [0.15, 0.2) is 24.3 Å². The minimum absolute atomic E-state index is 0.00603. The van der Waals surface area contributed by atoms with Gasteiger partial charge < -0.3 is 10.6 Å². The third-order valence-corrected chi connectivity index (χ3v) is 7.69. The Morgan fingerprint density at radius 2 is 1.64 bits per heavy atom. The molecule has 8 heteroatoms. The zero-order valence-corrected chi connectivity index (χ0v) is 17.2. The van der Waals surface area contributed by atoms with Crippen LogP contribution in [0, 0.1) is 18.8 Å². The Bertz CT molecular complexity index is 824. The Hall–Kier alpha value is -1.93. The summed E-state index contributed by atoms with van der Waals surface area (Å²) in [5.41, 5.74) is 7.17. The number of benzene rings is 1. The van der Waals surface area contributed by atoms with Gasteiger partial charge in [-0.25, -0.2) is 12.7 Å². The maximum atomic E-state index is 12.8. The van der Waals surface area contributed by atoms with Crippen LogP contribution in [0.25, 0.3) is 0 Å². The number of rotatable bonds is 5. The van der Waals surface area contributed by atoms with Gasteiger partial charge in [0.15, 0.2) is 0 Å². The van der Waals surface area contributed by atoms with E-state index in [0.717, 1.165) is 11.1 Å². The molecule has 2 amide bonds.